The molecule has 1 saturated carbocycles. The zero-order valence-corrected chi connectivity index (χ0v) is 10.8. The van der Waals surface area contributed by atoms with Gasteiger partial charge in [-0.15, -0.1) is 0 Å². The van der Waals surface area contributed by atoms with Crippen LogP contribution in [0.4, 0.5) is 0 Å². The number of hydrogen-bond donors (Lipinski definition) is 1. The van der Waals surface area contributed by atoms with Crippen LogP contribution in [0.5, 0.6) is 0 Å². The number of carbonyl (C=O) groups excluding carboxylic acids is 2. The molecule has 0 radical (unpaired) electrons. The molecule has 0 aromatic carbocycles. The van der Waals surface area contributed by atoms with Crippen molar-refractivity contribution in [1.29, 1.82) is 0 Å². The second-order valence-electron chi connectivity index (χ2n) is 5.58. The lowest BCUT2D eigenvalue weighted by molar-refractivity contribution is -0.138. The molecule has 4 heteroatoms. The van der Waals surface area contributed by atoms with Crippen molar-refractivity contribution in [3.05, 3.63) is 30.1 Å². The molecule has 1 aromatic rings. The van der Waals surface area contributed by atoms with Crippen molar-refractivity contribution in [2.75, 3.05) is 0 Å². The molecule has 100 valence electrons. The Morgan fingerprint density at radius 3 is 2.68 bits per heavy atom. The summed E-state index contributed by atoms with van der Waals surface area (Å²) in [5, 5.41) is 2.51. The highest BCUT2D eigenvalue weighted by Gasteiger charge is 2.42. The minimum atomic E-state index is -0.159. The van der Waals surface area contributed by atoms with E-state index in [1.165, 1.54) is 12.8 Å². The monoisotopic (exact) mass is 258 g/mol. The minimum Gasteiger partial charge on any atom is -0.296 e. The largest absolute Gasteiger partial charge is 0.296 e. The van der Waals surface area contributed by atoms with Crippen LogP contribution in [0.1, 0.15) is 43.6 Å². The van der Waals surface area contributed by atoms with Crippen LogP contribution in [-0.2, 0) is 9.59 Å². The maximum Gasteiger partial charge on any atom is 0.230 e. The Morgan fingerprint density at radius 1 is 1.21 bits per heavy atom. The lowest BCUT2D eigenvalue weighted by Crippen LogP contribution is -2.47. The Kier molecular flexibility index (Phi) is 3.32. The van der Waals surface area contributed by atoms with Gasteiger partial charge in [0.15, 0.2) is 0 Å². The first kappa shape index (κ1) is 12.3. The first-order valence-corrected chi connectivity index (χ1v) is 6.99. The summed E-state index contributed by atoms with van der Waals surface area (Å²) >= 11 is 0. The van der Waals surface area contributed by atoms with Crippen LogP contribution in [0.3, 0.4) is 0 Å². The van der Waals surface area contributed by atoms with Gasteiger partial charge in [-0.2, -0.15) is 0 Å². The third kappa shape index (κ3) is 2.39. The van der Waals surface area contributed by atoms with Crippen LogP contribution < -0.4 is 5.32 Å². The molecule has 0 bridgehead atoms. The van der Waals surface area contributed by atoms with Gasteiger partial charge in [-0.3, -0.25) is 19.9 Å². The van der Waals surface area contributed by atoms with Crippen molar-refractivity contribution in [3.63, 3.8) is 0 Å². The van der Waals surface area contributed by atoms with Crippen LogP contribution >= 0.6 is 0 Å². The lowest BCUT2D eigenvalue weighted by Gasteiger charge is -2.34. The molecule has 2 aliphatic rings. The standard InChI is InChI=1S/C15H18N2O2/c18-13-8-12(11-6-3-7-16-9-11)14(15(19)17-13)10-4-1-2-5-10/h3,6-7,9-10,12,14H,1-2,4-5,8H2,(H,17,18,19). The molecule has 1 saturated heterocycles. The van der Waals surface area contributed by atoms with Gasteiger partial charge in [-0.05, 0) is 30.4 Å². The molecule has 2 heterocycles. The maximum atomic E-state index is 12.2. The Labute approximate surface area is 112 Å². The fourth-order valence-corrected chi connectivity index (χ4v) is 3.56. The zero-order chi connectivity index (χ0) is 13.2. The molecule has 19 heavy (non-hydrogen) atoms. The van der Waals surface area contributed by atoms with Crippen molar-refractivity contribution in [2.45, 2.75) is 38.0 Å². The fourth-order valence-electron chi connectivity index (χ4n) is 3.56. The van der Waals surface area contributed by atoms with E-state index in [1.54, 1.807) is 12.4 Å². The number of nitrogens with zero attached hydrogens (tertiary/aromatic N) is 1. The van der Waals surface area contributed by atoms with Crippen molar-refractivity contribution >= 4 is 11.8 Å². The number of piperidine rings is 1. The van der Waals surface area contributed by atoms with E-state index in [2.05, 4.69) is 10.3 Å². The summed E-state index contributed by atoms with van der Waals surface area (Å²) in [6.07, 6.45) is 8.51. The van der Waals surface area contributed by atoms with Crippen molar-refractivity contribution in [2.24, 2.45) is 11.8 Å². The van der Waals surface area contributed by atoms with Crippen LogP contribution in [0, 0.1) is 11.8 Å². The predicted molar refractivity (Wildman–Crippen MR) is 70.2 cm³/mol. The highest BCUT2D eigenvalue weighted by molar-refractivity contribution is 6.00. The third-order valence-corrected chi connectivity index (χ3v) is 4.42. The van der Waals surface area contributed by atoms with Gasteiger partial charge in [-0.1, -0.05) is 18.9 Å². The molecule has 1 aliphatic carbocycles. The molecular formula is C15H18N2O2. The number of pyridine rings is 1. The SMILES string of the molecule is O=C1CC(c2cccnc2)C(C2CCCC2)C(=O)N1. The number of imide groups is 1. The van der Waals surface area contributed by atoms with Crippen molar-refractivity contribution in [3.8, 4) is 0 Å². The predicted octanol–water partition coefficient (Wildman–Crippen LogP) is 2.02. The second-order valence-corrected chi connectivity index (χ2v) is 5.58. The Hall–Kier alpha value is -1.71. The number of carbonyl (C=O) groups is 2. The van der Waals surface area contributed by atoms with Gasteiger partial charge in [0.05, 0.1) is 0 Å². The number of rotatable bonds is 2. The summed E-state index contributed by atoms with van der Waals surface area (Å²) in [4.78, 5) is 28.0. The Bertz CT molecular complexity index is 480. The number of amides is 2. The van der Waals surface area contributed by atoms with E-state index in [0.29, 0.717) is 12.3 Å². The number of aromatic nitrogens is 1. The van der Waals surface area contributed by atoms with E-state index in [1.807, 2.05) is 12.1 Å². The lowest BCUT2D eigenvalue weighted by atomic mass is 9.73. The summed E-state index contributed by atoms with van der Waals surface area (Å²) in [5.74, 6) is 0.103. The zero-order valence-electron chi connectivity index (χ0n) is 10.8. The topological polar surface area (TPSA) is 59.1 Å². The molecule has 2 atom stereocenters. The highest BCUT2D eigenvalue weighted by atomic mass is 16.2. The van der Waals surface area contributed by atoms with Gasteiger partial charge in [0.25, 0.3) is 0 Å². The van der Waals surface area contributed by atoms with Crippen LogP contribution in [0.25, 0.3) is 0 Å². The summed E-state index contributed by atoms with van der Waals surface area (Å²) in [5.41, 5.74) is 1.02. The van der Waals surface area contributed by atoms with Gasteiger partial charge in [0.1, 0.15) is 0 Å². The molecule has 4 nitrogen and oxygen atoms in total. The summed E-state index contributed by atoms with van der Waals surface area (Å²) in [6, 6.07) is 3.85. The normalized spacial score (nSPS) is 28.4. The summed E-state index contributed by atoms with van der Waals surface area (Å²) in [7, 11) is 0. The number of nitrogens with one attached hydrogen (secondary N) is 1. The minimum absolute atomic E-state index is 0.00181. The molecule has 2 fully saturated rings. The van der Waals surface area contributed by atoms with E-state index in [9.17, 15) is 9.59 Å². The first-order valence-electron chi connectivity index (χ1n) is 6.99. The molecule has 1 N–H and O–H groups in total. The summed E-state index contributed by atoms with van der Waals surface area (Å²) < 4.78 is 0. The Balaban J connectivity index is 1.92. The Morgan fingerprint density at radius 2 is 2.00 bits per heavy atom. The maximum absolute atomic E-state index is 12.2. The quantitative estimate of drug-likeness (QED) is 0.826. The third-order valence-electron chi connectivity index (χ3n) is 4.42. The molecule has 3 rings (SSSR count). The van der Waals surface area contributed by atoms with Gasteiger partial charge >= 0.3 is 0 Å². The van der Waals surface area contributed by atoms with Crippen molar-refractivity contribution < 1.29 is 9.59 Å². The molecule has 2 amide bonds. The van der Waals surface area contributed by atoms with Gasteiger partial charge in [0, 0.05) is 30.7 Å². The summed E-state index contributed by atoms with van der Waals surface area (Å²) in [6.45, 7) is 0. The number of hydrogen-bond acceptors (Lipinski definition) is 3. The van der Waals surface area contributed by atoms with Crippen molar-refractivity contribution in [1.82, 2.24) is 10.3 Å². The van der Waals surface area contributed by atoms with E-state index < -0.39 is 0 Å². The van der Waals surface area contributed by atoms with E-state index >= 15 is 0 Å². The molecule has 2 unspecified atom stereocenters. The smallest absolute Gasteiger partial charge is 0.230 e. The van der Waals surface area contributed by atoms with Crippen LogP contribution in [0.2, 0.25) is 0 Å². The highest BCUT2D eigenvalue weighted by Crippen LogP contribution is 2.42. The van der Waals surface area contributed by atoms with Gasteiger partial charge < -0.3 is 0 Å². The average Bonchev–Trinajstić information content (AvgIpc) is 2.92. The van der Waals surface area contributed by atoms with Gasteiger partial charge in [0.2, 0.25) is 11.8 Å². The fraction of sp³-hybridized carbons (Fsp3) is 0.533. The molecule has 1 aliphatic heterocycles. The molecular weight excluding hydrogens is 240 g/mol. The average molecular weight is 258 g/mol. The van der Waals surface area contributed by atoms with Crippen LogP contribution in [0.15, 0.2) is 24.5 Å². The second kappa shape index (κ2) is 5.11. The first-order chi connectivity index (χ1) is 9.25. The van der Waals surface area contributed by atoms with Gasteiger partial charge in [-0.25, -0.2) is 0 Å². The van der Waals surface area contributed by atoms with Crippen LogP contribution in [-0.4, -0.2) is 16.8 Å². The molecule has 0 spiro atoms. The van der Waals surface area contributed by atoms with E-state index in [4.69, 9.17) is 0 Å². The van der Waals surface area contributed by atoms with E-state index in [-0.39, 0.29) is 23.7 Å². The molecule has 1 aromatic heterocycles. The van der Waals surface area contributed by atoms with E-state index in [0.717, 1.165) is 18.4 Å².